The molecule has 0 N–H and O–H groups in total. The third-order valence-corrected chi connectivity index (χ3v) is 3.44. The van der Waals surface area contributed by atoms with Crippen molar-refractivity contribution in [1.29, 1.82) is 0 Å². The molecule has 0 saturated carbocycles. The van der Waals surface area contributed by atoms with Gasteiger partial charge in [-0.1, -0.05) is 24.3 Å². The molecule has 1 aliphatic carbocycles. The molecule has 2 aliphatic rings. The molecule has 2 unspecified atom stereocenters. The Bertz CT molecular complexity index is 365. The average Bonchev–Trinajstić information content (AvgIpc) is 2.76. The highest BCUT2D eigenvalue weighted by Gasteiger charge is 2.35. The number of likely N-dealkylation sites (tertiary alicyclic amines) is 1. The molecule has 2 rings (SSSR count). The van der Waals surface area contributed by atoms with Gasteiger partial charge in [0.15, 0.2) is 0 Å². The van der Waals surface area contributed by atoms with E-state index in [9.17, 15) is 4.79 Å². The minimum atomic E-state index is -0.410. The van der Waals surface area contributed by atoms with Crippen molar-refractivity contribution in [2.75, 3.05) is 6.54 Å². The van der Waals surface area contributed by atoms with Crippen LogP contribution in [0.25, 0.3) is 0 Å². The van der Waals surface area contributed by atoms with Crippen LogP contribution in [0.1, 0.15) is 40.0 Å². The van der Waals surface area contributed by atoms with E-state index in [4.69, 9.17) is 4.74 Å². The fourth-order valence-corrected chi connectivity index (χ4v) is 2.67. The smallest absolute Gasteiger partial charge is 0.410 e. The van der Waals surface area contributed by atoms with Crippen LogP contribution < -0.4 is 0 Å². The van der Waals surface area contributed by atoms with Crippen molar-refractivity contribution in [1.82, 2.24) is 4.90 Å². The summed E-state index contributed by atoms with van der Waals surface area (Å²) < 4.78 is 5.49. The second-order valence-electron chi connectivity index (χ2n) is 6.10. The minimum Gasteiger partial charge on any atom is -0.444 e. The van der Waals surface area contributed by atoms with E-state index < -0.39 is 5.60 Å². The molecule has 0 radical (unpaired) electrons. The first-order valence-corrected chi connectivity index (χ1v) is 6.80. The lowest BCUT2D eigenvalue weighted by molar-refractivity contribution is 0.0195. The normalized spacial score (nSPS) is 27.6. The van der Waals surface area contributed by atoms with E-state index in [1.54, 1.807) is 0 Å². The summed E-state index contributed by atoms with van der Waals surface area (Å²) in [6, 6.07) is 0.307. The first kappa shape index (κ1) is 13.2. The lowest BCUT2D eigenvalue weighted by Crippen LogP contribution is -2.42. The van der Waals surface area contributed by atoms with E-state index >= 15 is 0 Å². The summed E-state index contributed by atoms with van der Waals surface area (Å²) in [4.78, 5) is 14.1. The Labute approximate surface area is 109 Å². The number of hydrogen-bond donors (Lipinski definition) is 0. The van der Waals surface area contributed by atoms with Gasteiger partial charge in [0.2, 0.25) is 0 Å². The van der Waals surface area contributed by atoms with Crippen molar-refractivity contribution in [3.8, 4) is 0 Å². The van der Waals surface area contributed by atoms with Gasteiger partial charge < -0.3 is 9.64 Å². The van der Waals surface area contributed by atoms with Gasteiger partial charge in [0.25, 0.3) is 0 Å². The molecule has 0 aromatic rings. The number of amides is 1. The molecule has 0 aromatic heterocycles. The summed E-state index contributed by atoms with van der Waals surface area (Å²) >= 11 is 0. The number of carbonyl (C=O) groups is 1. The maximum absolute atomic E-state index is 12.2. The number of nitrogens with zero attached hydrogens (tertiary/aromatic N) is 1. The Hall–Kier alpha value is -1.25. The van der Waals surface area contributed by atoms with Crippen LogP contribution in [-0.4, -0.2) is 29.2 Å². The van der Waals surface area contributed by atoms with Gasteiger partial charge in [-0.25, -0.2) is 4.79 Å². The van der Waals surface area contributed by atoms with Crippen molar-refractivity contribution in [3.63, 3.8) is 0 Å². The summed E-state index contributed by atoms with van der Waals surface area (Å²) in [6.45, 7) is 6.57. The molecule has 1 fully saturated rings. The molecule has 1 heterocycles. The van der Waals surface area contributed by atoms with E-state index in [2.05, 4.69) is 24.3 Å². The first-order chi connectivity index (χ1) is 8.47. The zero-order valence-corrected chi connectivity index (χ0v) is 11.6. The van der Waals surface area contributed by atoms with E-state index in [1.807, 2.05) is 25.7 Å². The van der Waals surface area contributed by atoms with Crippen molar-refractivity contribution < 1.29 is 9.53 Å². The van der Waals surface area contributed by atoms with Gasteiger partial charge in [-0.15, -0.1) is 0 Å². The van der Waals surface area contributed by atoms with Crippen molar-refractivity contribution in [2.45, 2.75) is 51.7 Å². The number of ether oxygens (including phenoxy) is 1. The Kier molecular flexibility index (Phi) is 3.79. The zero-order chi connectivity index (χ0) is 13.2. The van der Waals surface area contributed by atoms with Gasteiger partial charge in [-0.2, -0.15) is 0 Å². The molecule has 0 spiro atoms. The second kappa shape index (κ2) is 5.17. The van der Waals surface area contributed by atoms with E-state index in [-0.39, 0.29) is 6.09 Å². The monoisotopic (exact) mass is 249 g/mol. The molecule has 1 aliphatic heterocycles. The minimum absolute atomic E-state index is 0.159. The molecule has 0 aromatic carbocycles. The Morgan fingerprint density at radius 3 is 2.72 bits per heavy atom. The summed E-state index contributed by atoms with van der Waals surface area (Å²) in [5.74, 6) is 0.449. The van der Waals surface area contributed by atoms with Gasteiger partial charge >= 0.3 is 6.09 Å². The molecule has 1 amide bonds. The van der Waals surface area contributed by atoms with Gasteiger partial charge in [0.1, 0.15) is 5.60 Å². The largest absolute Gasteiger partial charge is 0.444 e. The highest BCUT2D eigenvalue weighted by Crippen LogP contribution is 2.30. The van der Waals surface area contributed by atoms with Crippen LogP contribution in [0.3, 0.4) is 0 Å². The molecule has 0 bridgehead atoms. The highest BCUT2D eigenvalue weighted by molar-refractivity contribution is 5.69. The summed E-state index contributed by atoms with van der Waals surface area (Å²) in [5.41, 5.74) is -0.410. The lowest BCUT2D eigenvalue weighted by Gasteiger charge is -2.32. The van der Waals surface area contributed by atoms with Crippen molar-refractivity contribution in [2.24, 2.45) is 5.92 Å². The van der Waals surface area contributed by atoms with E-state index in [0.29, 0.717) is 12.0 Å². The average molecular weight is 249 g/mol. The maximum Gasteiger partial charge on any atom is 0.410 e. The fraction of sp³-hybridized carbons (Fsp3) is 0.667. The quantitative estimate of drug-likeness (QED) is 0.711. The second-order valence-corrected chi connectivity index (χ2v) is 6.10. The lowest BCUT2D eigenvalue weighted by atomic mass is 9.91. The van der Waals surface area contributed by atoms with Crippen LogP contribution >= 0.6 is 0 Å². The molecule has 18 heavy (non-hydrogen) atoms. The highest BCUT2D eigenvalue weighted by atomic mass is 16.6. The van der Waals surface area contributed by atoms with E-state index in [1.165, 1.54) is 0 Å². The van der Waals surface area contributed by atoms with Crippen molar-refractivity contribution >= 4 is 6.09 Å². The van der Waals surface area contributed by atoms with Crippen molar-refractivity contribution in [3.05, 3.63) is 24.3 Å². The van der Waals surface area contributed by atoms with Gasteiger partial charge in [-0.05, 0) is 40.0 Å². The predicted octanol–water partition coefficient (Wildman–Crippen LogP) is 3.52. The Morgan fingerprint density at radius 2 is 2.11 bits per heavy atom. The number of carbonyl (C=O) groups excluding carboxylic acids is 1. The number of hydrogen-bond acceptors (Lipinski definition) is 2. The molecule has 3 heteroatoms. The first-order valence-electron chi connectivity index (χ1n) is 6.80. The number of allylic oxidation sites excluding steroid dienone is 3. The zero-order valence-electron chi connectivity index (χ0n) is 11.6. The molecule has 1 saturated heterocycles. The molecule has 100 valence electrons. The fourth-order valence-electron chi connectivity index (χ4n) is 2.67. The Balaban J connectivity index is 2.01. The van der Waals surface area contributed by atoms with Gasteiger partial charge in [-0.3, -0.25) is 0 Å². The topological polar surface area (TPSA) is 29.5 Å². The predicted molar refractivity (Wildman–Crippen MR) is 72.3 cm³/mol. The van der Waals surface area contributed by atoms with Crippen LogP contribution in [0.2, 0.25) is 0 Å². The van der Waals surface area contributed by atoms with E-state index in [0.717, 1.165) is 25.8 Å². The molecule has 2 atom stereocenters. The summed E-state index contributed by atoms with van der Waals surface area (Å²) in [6.07, 6.45) is 11.6. The maximum atomic E-state index is 12.2. The van der Waals surface area contributed by atoms with Crippen LogP contribution in [-0.2, 0) is 4.74 Å². The standard InChI is InChI=1S/C15H23NO2/c1-15(2,3)18-14(17)16-11-7-10-13(16)12-8-5-4-6-9-12/h4-6,8,12-13H,7,9-11H2,1-3H3. The third kappa shape index (κ3) is 3.15. The molecule has 3 nitrogen and oxygen atoms in total. The van der Waals surface area contributed by atoms with Crippen LogP contribution in [0, 0.1) is 5.92 Å². The molecular formula is C15H23NO2. The number of rotatable bonds is 1. The SMILES string of the molecule is CC(C)(C)OC(=O)N1CCCC1C1C=CC=CC1. The summed E-state index contributed by atoms with van der Waals surface area (Å²) in [7, 11) is 0. The third-order valence-electron chi connectivity index (χ3n) is 3.44. The summed E-state index contributed by atoms with van der Waals surface area (Å²) in [5, 5.41) is 0. The van der Waals surface area contributed by atoms with Crippen LogP contribution in [0.5, 0.6) is 0 Å². The Morgan fingerprint density at radius 1 is 1.33 bits per heavy atom. The molecular weight excluding hydrogens is 226 g/mol. The van der Waals surface area contributed by atoms with Crippen LogP contribution in [0.4, 0.5) is 4.79 Å². The van der Waals surface area contributed by atoms with Gasteiger partial charge in [0, 0.05) is 18.5 Å². The van der Waals surface area contributed by atoms with Crippen LogP contribution in [0.15, 0.2) is 24.3 Å². The van der Waals surface area contributed by atoms with Gasteiger partial charge in [0.05, 0.1) is 0 Å².